The van der Waals surface area contributed by atoms with Crippen molar-refractivity contribution in [1.82, 2.24) is 15.5 Å². The highest BCUT2D eigenvalue weighted by Gasteiger charge is 2.57. The average molecular weight is 448 g/mol. The maximum Gasteiger partial charge on any atom is 0.256 e. The van der Waals surface area contributed by atoms with Crippen molar-refractivity contribution in [3.8, 4) is 0 Å². The molecule has 0 radical (unpaired) electrons. The number of rotatable bonds is 7. The van der Waals surface area contributed by atoms with Gasteiger partial charge in [0.25, 0.3) is 5.91 Å². The van der Waals surface area contributed by atoms with Gasteiger partial charge in [0, 0.05) is 10.3 Å². The largest absolute Gasteiger partial charge is 0.394 e. The molecule has 8 heteroatoms. The van der Waals surface area contributed by atoms with E-state index in [1.54, 1.807) is 22.7 Å². The summed E-state index contributed by atoms with van der Waals surface area (Å²) in [6.07, 6.45) is 0. The van der Waals surface area contributed by atoms with E-state index in [1.807, 2.05) is 59.7 Å². The van der Waals surface area contributed by atoms with Crippen molar-refractivity contribution < 1.29 is 19.5 Å². The van der Waals surface area contributed by atoms with Gasteiger partial charge in [0.15, 0.2) is 0 Å². The molecule has 0 spiro atoms. The number of aliphatic hydroxyl groups excluding tert-OH is 1. The zero-order chi connectivity index (χ0) is 23.1. The van der Waals surface area contributed by atoms with Crippen LogP contribution in [0.15, 0.2) is 24.3 Å². The van der Waals surface area contributed by atoms with Crippen LogP contribution in [0.25, 0.3) is 0 Å². The molecule has 3 amide bonds. The molecular weight excluding hydrogens is 414 g/mol. The van der Waals surface area contributed by atoms with Crippen LogP contribution in [0.3, 0.4) is 0 Å². The summed E-state index contributed by atoms with van der Waals surface area (Å²) in [5, 5.41) is 15.1. The fraction of sp³-hybridized carbons (Fsp3) is 0.609. The number of amides is 3. The predicted octanol–water partition coefficient (Wildman–Crippen LogP) is 2.31. The molecule has 31 heavy (non-hydrogen) atoms. The first-order valence-electron chi connectivity index (χ1n) is 10.8. The number of aliphatic hydroxyl groups is 1. The van der Waals surface area contributed by atoms with Gasteiger partial charge in [0.05, 0.1) is 12.6 Å². The van der Waals surface area contributed by atoms with Crippen LogP contribution >= 0.6 is 11.8 Å². The summed E-state index contributed by atoms with van der Waals surface area (Å²) in [7, 11) is 0. The van der Waals surface area contributed by atoms with Gasteiger partial charge >= 0.3 is 0 Å². The summed E-state index contributed by atoms with van der Waals surface area (Å²) in [5.41, 5.74) is 1.57. The first-order valence-corrected chi connectivity index (χ1v) is 11.7. The van der Waals surface area contributed by atoms with Crippen LogP contribution in [0.4, 0.5) is 0 Å². The number of benzene rings is 1. The Morgan fingerprint density at radius 1 is 1.13 bits per heavy atom. The molecule has 0 bridgehead atoms. The van der Waals surface area contributed by atoms with E-state index in [0.29, 0.717) is 5.56 Å². The summed E-state index contributed by atoms with van der Waals surface area (Å²) in [6, 6.07) is 5.62. The topological polar surface area (TPSA) is 98.7 Å². The molecule has 1 fully saturated rings. The van der Waals surface area contributed by atoms with Crippen LogP contribution in [0, 0.1) is 11.8 Å². The van der Waals surface area contributed by atoms with E-state index in [4.69, 9.17) is 0 Å². The van der Waals surface area contributed by atoms with E-state index in [-0.39, 0.29) is 47.6 Å². The number of carbonyl (C=O) groups is 3. The molecule has 0 aromatic heterocycles. The Bertz CT molecular complexity index is 870. The number of fused-ring (bicyclic) bond motifs is 3. The number of hydrogen-bond donors (Lipinski definition) is 3. The lowest BCUT2D eigenvalue weighted by Crippen LogP contribution is -2.59. The molecule has 1 saturated heterocycles. The lowest BCUT2D eigenvalue weighted by atomic mass is 9.97. The van der Waals surface area contributed by atoms with E-state index >= 15 is 0 Å². The molecule has 1 aromatic rings. The van der Waals surface area contributed by atoms with Crippen molar-refractivity contribution in [3.63, 3.8) is 0 Å². The Morgan fingerprint density at radius 2 is 1.77 bits per heavy atom. The number of carbonyl (C=O) groups excluding carboxylic acids is 3. The summed E-state index contributed by atoms with van der Waals surface area (Å²) in [6.45, 7) is 11.3. The third-order valence-corrected chi connectivity index (χ3v) is 7.66. The van der Waals surface area contributed by atoms with Crippen molar-refractivity contribution in [2.75, 3.05) is 6.61 Å². The van der Waals surface area contributed by atoms with Crippen LogP contribution in [0.5, 0.6) is 0 Å². The Morgan fingerprint density at radius 3 is 2.35 bits per heavy atom. The van der Waals surface area contributed by atoms with E-state index in [0.717, 1.165) is 5.56 Å². The summed E-state index contributed by atoms with van der Waals surface area (Å²) < 4.78 is -0.512. The molecule has 7 nitrogen and oxygen atoms in total. The van der Waals surface area contributed by atoms with Gasteiger partial charge in [-0.1, -0.05) is 45.9 Å². The van der Waals surface area contributed by atoms with Gasteiger partial charge in [-0.15, -0.1) is 11.8 Å². The van der Waals surface area contributed by atoms with Gasteiger partial charge in [-0.2, -0.15) is 0 Å². The zero-order valence-corrected chi connectivity index (χ0v) is 19.8. The molecule has 2 aliphatic heterocycles. The minimum atomic E-state index is -0.764. The third-order valence-electron chi connectivity index (χ3n) is 6.12. The zero-order valence-electron chi connectivity index (χ0n) is 19.0. The molecule has 3 N–H and O–H groups in total. The highest BCUT2D eigenvalue weighted by atomic mass is 32.2. The standard InChI is InChI=1S/C23H33N3O4S/c1-12(2)16(11-27)24-19(28)17(13(3)4)25-20(29)18-23(5,6)31-22-15-10-8-7-9-14(15)21(30)26(18)22/h7-10,12-13,16-18,22,27H,11H2,1-6H3,(H,24,28)(H,25,29)/t16-,17+,18-,22-/m1/s1. The van der Waals surface area contributed by atoms with Gasteiger partial charge in [-0.25, -0.2) is 0 Å². The van der Waals surface area contributed by atoms with Crippen molar-refractivity contribution in [2.24, 2.45) is 11.8 Å². The molecule has 0 aliphatic carbocycles. The van der Waals surface area contributed by atoms with Gasteiger partial charge in [-0.05, 0) is 37.3 Å². The smallest absolute Gasteiger partial charge is 0.256 e. The van der Waals surface area contributed by atoms with E-state index in [1.165, 1.54) is 0 Å². The van der Waals surface area contributed by atoms with Crippen LogP contribution in [0.1, 0.15) is 62.8 Å². The molecular formula is C23H33N3O4S. The molecule has 4 atom stereocenters. The second-order valence-corrected chi connectivity index (χ2v) is 11.3. The van der Waals surface area contributed by atoms with E-state index in [9.17, 15) is 19.5 Å². The van der Waals surface area contributed by atoms with Crippen molar-refractivity contribution in [3.05, 3.63) is 35.4 Å². The normalized spacial score (nSPS) is 23.5. The van der Waals surface area contributed by atoms with E-state index < -0.39 is 16.8 Å². The van der Waals surface area contributed by atoms with Crippen LogP contribution in [-0.2, 0) is 9.59 Å². The Balaban J connectivity index is 1.82. The van der Waals surface area contributed by atoms with Crippen LogP contribution < -0.4 is 10.6 Å². The van der Waals surface area contributed by atoms with Crippen molar-refractivity contribution in [1.29, 1.82) is 0 Å². The lowest BCUT2D eigenvalue weighted by molar-refractivity contribution is -0.133. The van der Waals surface area contributed by atoms with Gasteiger partial charge < -0.3 is 20.6 Å². The summed E-state index contributed by atoms with van der Waals surface area (Å²) in [4.78, 5) is 41.2. The molecule has 0 unspecified atom stereocenters. The van der Waals surface area contributed by atoms with Crippen molar-refractivity contribution >= 4 is 29.5 Å². The third kappa shape index (κ3) is 4.32. The molecule has 2 heterocycles. The number of nitrogens with one attached hydrogen (secondary N) is 2. The minimum Gasteiger partial charge on any atom is -0.394 e. The van der Waals surface area contributed by atoms with Crippen molar-refractivity contribution in [2.45, 2.75) is 69.8 Å². The molecule has 1 aromatic carbocycles. The van der Waals surface area contributed by atoms with Crippen LogP contribution in [0.2, 0.25) is 0 Å². The molecule has 3 rings (SSSR count). The van der Waals surface area contributed by atoms with Gasteiger partial charge in [0.1, 0.15) is 17.5 Å². The fourth-order valence-corrected chi connectivity index (χ4v) is 5.86. The predicted molar refractivity (Wildman–Crippen MR) is 121 cm³/mol. The maximum absolute atomic E-state index is 13.5. The van der Waals surface area contributed by atoms with Crippen LogP contribution in [-0.4, -0.2) is 57.2 Å². The quantitative estimate of drug-likeness (QED) is 0.596. The van der Waals surface area contributed by atoms with E-state index in [2.05, 4.69) is 10.6 Å². The number of hydrogen-bond acceptors (Lipinski definition) is 5. The molecule has 170 valence electrons. The SMILES string of the molecule is CC(C)[C@H](NC(=O)[C@H]1N2C(=O)c3ccccc3[C@H]2SC1(C)C)C(=O)N[C@H](CO)C(C)C. The summed E-state index contributed by atoms with van der Waals surface area (Å²) >= 11 is 1.59. The number of nitrogens with zero attached hydrogens (tertiary/aromatic N) is 1. The maximum atomic E-state index is 13.5. The Hall–Kier alpha value is -2.06. The second kappa shape index (κ2) is 8.82. The average Bonchev–Trinajstić information content (AvgIpc) is 3.13. The lowest BCUT2D eigenvalue weighted by Gasteiger charge is -2.32. The Labute approximate surface area is 188 Å². The Kier molecular flexibility index (Phi) is 6.72. The minimum absolute atomic E-state index is 0.0594. The first kappa shape index (κ1) is 23.6. The highest BCUT2D eigenvalue weighted by Crippen LogP contribution is 2.56. The molecule has 2 aliphatic rings. The monoisotopic (exact) mass is 447 g/mol. The fourth-order valence-electron chi connectivity index (χ4n) is 4.27. The number of thioether (sulfide) groups is 1. The van der Waals surface area contributed by atoms with Gasteiger partial charge in [-0.3, -0.25) is 14.4 Å². The highest BCUT2D eigenvalue weighted by molar-refractivity contribution is 8.01. The summed E-state index contributed by atoms with van der Waals surface area (Å²) in [5.74, 6) is -0.907. The molecule has 0 saturated carbocycles. The van der Waals surface area contributed by atoms with Gasteiger partial charge in [0.2, 0.25) is 11.8 Å². The first-order chi connectivity index (χ1) is 14.5. The second-order valence-electron chi connectivity index (χ2n) is 9.55.